The van der Waals surface area contributed by atoms with Gasteiger partial charge in [-0.2, -0.15) is 11.8 Å². The monoisotopic (exact) mass is 268 g/mol. The first-order valence-electron chi connectivity index (χ1n) is 7.82. The molecule has 4 rings (SSSR count). The summed E-state index contributed by atoms with van der Waals surface area (Å²) in [5.41, 5.74) is 0. The normalized spacial score (nSPS) is 38.8. The molecule has 0 aromatic rings. The predicted octanol–water partition coefficient (Wildman–Crippen LogP) is 2.74. The summed E-state index contributed by atoms with van der Waals surface area (Å²) in [6, 6.07) is 0.790. The first-order chi connectivity index (χ1) is 8.81. The maximum absolute atomic E-state index is 3.95. The van der Waals surface area contributed by atoms with Gasteiger partial charge in [-0.05, 0) is 50.9 Å². The Balaban J connectivity index is 1.53. The number of thioether (sulfide) groups is 1. The van der Waals surface area contributed by atoms with Crippen molar-refractivity contribution in [2.75, 3.05) is 32.4 Å². The molecule has 0 aromatic carbocycles. The van der Waals surface area contributed by atoms with Crippen LogP contribution in [0.1, 0.15) is 44.9 Å². The molecule has 0 radical (unpaired) electrons. The van der Waals surface area contributed by atoms with Crippen molar-refractivity contribution in [1.29, 1.82) is 0 Å². The van der Waals surface area contributed by atoms with Crippen LogP contribution in [0, 0.1) is 5.92 Å². The lowest BCUT2D eigenvalue weighted by atomic mass is 9.83. The zero-order valence-electron chi connectivity index (χ0n) is 11.8. The third-order valence-electron chi connectivity index (χ3n) is 5.54. The van der Waals surface area contributed by atoms with E-state index in [0.29, 0.717) is 4.75 Å². The van der Waals surface area contributed by atoms with Gasteiger partial charge in [0.05, 0.1) is 0 Å². The molecule has 0 amide bonds. The number of piperidine rings is 3. The van der Waals surface area contributed by atoms with E-state index in [4.69, 9.17) is 0 Å². The van der Waals surface area contributed by atoms with E-state index in [1.54, 1.807) is 0 Å². The lowest BCUT2D eigenvalue weighted by Gasteiger charge is -2.46. The van der Waals surface area contributed by atoms with Gasteiger partial charge in [-0.15, -0.1) is 0 Å². The van der Waals surface area contributed by atoms with Crippen LogP contribution < -0.4 is 5.32 Å². The number of nitrogens with zero attached hydrogens (tertiary/aromatic N) is 1. The Hall–Kier alpha value is 0.270. The predicted molar refractivity (Wildman–Crippen MR) is 80.3 cm³/mol. The molecule has 1 unspecified atom stereocenters. The van der Waals surface area contributed by atoms with E-state index in [1.165, 1.54) is 71.1 Å². The van der Waals surface area contributed by atoms with Crippen LogP contribution in [0.5, 0.6) is 0 Å². The second kappa shape index (κ2) is 5.72. The minimum atomic E-state index is 0.560. The minimum absolute atomic E-state index is 0.560. The highest BCUT2D eigenvalue weighted by Crippen LogP contribution is 2.38. The molecule has 18 heavy (non-hydrogen) atoms. The molecule has 0 aromatic heterocycles. The molecule has 1 aliphatic carbocycles. The Morgan fingerprint density at radius 1 is 1.17 bits per heavy atom. The van der Waals surface area contributed by atoms with Crippen LogP contribution in [0.15, 0.2) is 0 Å². The van der Waals surface area contributed by atoms with Gasteiger partial charge >= 0.3 is 0 Å². The van der Waals surface area contributed by atoms with Crippen LogP contribution >= 0.6 is 11.8 Å². The molecule has 4 fully saturated rings. The zero-order valence-corrected chi connectivity index (χ0v) is 12.6. The van der Waals surface area contributed by atoms with Gasteiger partial charge < -0.3 is 10.2 Å². The Morgan fingerprint density at radius 3 is 2.44 bits per heavy atom. The highest BCUT2D eigenvalue weighted by molar-refractivity contribution is 8.00. The Kier molecular flexibility index (Phi) is 4.21. The van der Waals surface area contributed by atoms with Gasteiger partial charge in [-0.25, -0.2) is 0 Å². The SMILES string of the molecule is CSC1(CNC2CN3CCC2CC3)CCCCC1. The van der Waals surface area contributed by atoms with Crippen LogP contribution in [0.2, 0.25) is 0 Å². The van der Waals surface area contributed by atoms with Crippen molar-refractivity contribution in [3.8, 4) is 0 Å². The Morgan fingerprint density at radius 2 is 1.89 bits per heavy atom. The van der Waals surface area contributed by atoms with Gasteiger partial charge in [-0.3, -0.25) is 0 Å². The summed E-state index contributed by atoms with van der Waals surface area (Å²) < 4.78 is 0.560. The molecule has 4 aliphatic rings. The summed E-state index contributed by atoms with van der Waals surface area (Å²) in [6.45, 7) is 5.28. The molecule has 3 saturated heterocycles. The number of rotatable bonds is 4. The fraction of sp³-hybridized carbons (Fsp3) is 1.00. The highest BCUT2D eigenvalue weighted by atomic mass is 32.2. The van der Waals surface area contributed by atoms with Gasteiger partial charge in [0.2, 0.25) is 0 Å². The van der Waals surface area contributed by atoms with Gasteiger partial charge in [0, 0.05) is 23.9 Å². The standard InChI is InChI=1S/C15H28N2S/c1-18-15(7-3-2-4-8-15)12-16-14-11-17-9-5-13(14)6-10-17/h13-14,16H,2-12H2,1H3. The smallest absolute Gasteiger partial charge is 0.0281 e. The van der Waals surface area contributed by atoms with E-state index in [2.05, 4.69) is 28.2 Å². The van der Waals surface area contributed by atoms with Crippen molar-refractivity contribution in [1.82, 2.24) is 10.2 Å². The van der Waals surface area contributed by atoms with E-state index in [-0.39, 0.29) is 0 Å². The van der Waals surface area contributed by atoms with Crippen molar-refractivity contribution in [2.45, 2.75) is 55.7 Å². The first-order valence-corrected chi connectivity index (χ1v) is 9.05. The summed E-state index contributed by atoms with van der Waals surface area (Å²) in [5.74, 6) is 0.970. The van der Waals surface area contributed by atoms with E-state index in [1.807, 2.05) is 0 Å². The summed E-state index contributed by atoms with van der Waals surface area (Å²) in [6.07, 6.45) is 12.4. The quantitative estimate of drug-likeness (QED) is 0.844. The Bertz CT molecular complexity index is 268. The van der Waals surface area contributed by atoms with E-state index in [0.717, 1.165) is 12.0 Å². The number of hydrogen-bond donors (Lipinski definition) is 1. The lowest BCUT2D eigenvalue weighted by Crippen LogP contribution is -2.58. The maximum atomic E-state index is 3.95. The molecule has 1 saturated carbocycles. The fourth-order valence-electron chi connectivity index (χ4n) is 4.16. The molecular formula is C15H28N2S. The van der Waals surface area contributed by atoms with Crippen molar-refractivity contribution < 1.29 is 0 Å². The van der Waals surface area contributed by atoms with Gasteiger partial charge in [0.15, 0.2) is 0 Å². The molecule has 3 heterocycles. The molecule has 1 atom stereocenters. The highest BCUT2D eigenvalue weighted by Gasteiger charge is 2.36. The van der Waals surface area contributed by atoms with Gasteiger partial charge in [0.1, 0.15) is 0 Å². The summed E-state index contributed by atoms with van der Waals surface area (Å²) in [5, 5.41) is 3.95. The molecule has 3 heteroatoms. The first kappa shape index (κ1) is 13.3. The molecular weight excluding hydrogens is 240 g/mol. The molecule has 1 N–H and O–H groups in total. The minimum Gasteiger partial charge on any atom is -0.311 e. The van der Waals surface area contributed by atoms with Gasteiger partial charge in [-0.1, -0.05) is 19.3 Å². The van der Waals surface area contributed by atoms with Crippen LogP contribution in [0.25, 0.3) is 0 Å². The zero-order chi connectivity index (χ0) is 12.4. The van der Waals surface area contributed by atoms with Crippen molar-refractivity contribution in [3.05, 3.63) is 0 Å². The number of fused-ring (bicyclic) bond motifs is 3. The topological polar surface area (TPSA) is 15.3 Å². The van der Waals surface area contributed by atoms with E-state index in [9.17, 15) is 0 Å². The molecule has 0 spiro atoms. The summed E-state index contributed by atoms with van der Waals surface area (Å²) >= 11 is 2.13. The van der Waals surface area contributed by atoms with Crippen molar-refractivity contribution in [2.24, 2.45) is 5.92 Å². The molecule has 104 valence electrons. The third kappa shape index (κ3) is 2.73. The average Bonchev–Trinajstić information content (AvgIpc) is 2.47. The average molecular weight is 268 g/mol. The molecule has 2 bridgehead atoms. The second-order valence-corrected chi connectivity index (χ2v) is 7.85. The van der Waals surface area contributed by atoms with Gasteiger partial charge in [0.25, 0.3) is 0 Å². The molecule has 3 aliphatic heterocycles. The second-order valence-electron chi connectivity index (χ2n) is 6.57. The van der Waals surface area contributed by atoms with Crippen LogP contribution in [-0.2, 0) is 0 Å². The number of hydrogen-bond acceptors (Lipinski definition) is 3. The van der Waals surface area contributed by atoms with Crippen LogP contribution in [-0.4, -0.2) is 48.1 Å². The summed E-state index contributed by atoms with van der Waals surface area (Å²) in [4.78, 5) is 2.66. The van der Waals surface area contributed by atoms with Crippen molar-refractivity contribution >= 4 is 11.8 Å². The lowest BCUT2D eigenvalue weighted by molar-refractivity contribution is 0.0708. The van der Waals surface area contributed by atoms with Crippen molar-refractivity contribution in [3.63, 3.8) is 0 Å². The fourth-order valence-corrected chi connectivity index (χ4v) is 5.09. The summed E-state index contributed by atoms with van der Waals surface area (Å²) in [7, 11) is 0. The third-order valence-corrected chi connectivity index (χ3v) is 6.96. The number of nitrogens with one attached hydrogen (secondary N) is 1. The maximum Gasteiger partial charge on any atom is 0.0281 e. The molecule has 2 nitrogen and oxygen atoms in total. The van der Waals surface area contributed by atoms with Crippen LogP contribution in [0.3, 0.4) is 0 Å². The largest absolute Gasteiger partial charge is 0.311 e. The van der Waals surface area contributed by atoms with Crippen LogP contribution in [0.4, 0.5) is 0 Å². The Labute approximate surface area is 116 Å². The van der Waals surface area contributed by atoms with E-state index >= 15 is 0 Å². The van der Waals surface area contributed by atoms with E-state index < -0.39 is 0 Å².